The van der Waals surface area contributed by atoms with Gasteiger partial charge in [-0.1, -0.05) is 23.3 Å². The lowest BCUT2D eigenvalue weighted by Crippen LogP contribution is -2.27. The van der Waals surface area contributed by atoms with Gasteiger partial charge in [0.05, 0.1) is 0 Å². The lowest BCUT2D eigenvalue weighted by atomic mass is 10.3. The number of hydrogen-bond donors (Lipinski definition) is 1. The highest BCUT2D eigenvalue weighted by molar-refractivity contribution is 5.91. The Morgan fingerprint density at radius 1 is 1.46 bits per heavy atom. The molecule has 2 amide bonds. The Morgan fingerprint density at radius 3 is 2.54 bits per heavy atom. The molecule has 68 valence electrons. The lowest BCUT2D eigenvalue weighted by Gasteiger charge is -2.16. The molecule has 0 spiro atoms. The summed E-state index contributed by atoms with van der Waals surface area (Å²) >= 11 is 0. The molecule has 0 heterocycles. The highest BCUT2D eigenvalue weighted by atomic mass is 16.2. The Bertz CT molecular complexity index is 297. The van der Waals surface area contributed by atoms with E-state index in [-0.39, 0.29) is 0 Å². The molecule has 4 nitrogen and oxygen atoms in total. The summed E-state index contributed by atoms with van der Waals surface area (Å²) in [7, 11) is 0. The summed E-state index contributed by atoms with van der Waals surface area (Å²) in [6, 6.07) is 8.65. The van der Waals surface area contributed by atoms with Gasteiger partial charge in [-0.05, 0) is 19.1 Å². The van der Waals surface area contributed by atoms with Gasteiger partial charge in [0, 0.05) is 12.2 Å². The van der Waals surface area contributed by atoms with E-state index in [2.05, 4.69) is 5.11 Å². The summed E-state index contributed by atoms with van der Waals surface area (Å²) < 4.78 is 0. The van der Waals surface area contributed by atoms with Crippen LogP contribution in [0, 0.1) is 5.53 Å². The SMILES string of the molecule is CCN(C(=O)N=N)c1ccccc1. The number of hydrogen-bond acceptors (Lipinski definition) is 2. The van der Waals surface area contributed by atoms with Crippen LogP contribution in [0.5, 0.6) is 0 Å². The molecule has 0 aromatic heterocycles. The molecule has 0 bridgehead atoms. The number of rotatable bonds is 2. The number of amides is 2. The minimum absolute atomic E-state index is 0.519. The van der Waals surface area contributed by atoms with E-state index in [1.54, 1.807) is 0 Å². The van der Waals surface area contributed by atoms with E-state index in [1.165, 1.54) is 4.90 Å². The van der Waals surface area contributed by atoms with Gasteiger partial charge < -0.3 is 0 Å². The number of nitrogens with one attached hydrogen (secondary N) is 1. The van der Waals surface area contributed by atoms with Gasteiger partial charge in [-0.2, -0.15) is 5.53 Å². The molecule has 0 fully saturated rings. The van der Waals surface area contributed by atoms with Gasteiger partial charge in [0.2, 0.25) is 0 Å². The van der Waals surface area contributed by atoms with Crippen LogP contribution in [0.25, 0.3) is 0 Å². The van der Waals surface area contributed by atoms with E-state index >= 15 is 0 Å². The first-order valence-electron chi connectivity index (χ1n) is 4.03. The maximum Gasteiger partial charge on any atom is 0.366 e. The zero-order valence-corrected chi connectivity index (χ0v) is 7.40. The number of para-hydroxylation sites is 1. The summed E-state index contributed by atoms with van der Waals surface area (Å²) in [6.45, 7) is 2.36. The normalized spacial score (nSPS) is 9.31. The van der Waals surface area contributed by atoms with E-state index in [9.17, 15) is 4.79 Å². The zero-order chi connectivity index (χ0) is 9.68. The number of nitrogens with zero attached hydrogens (tertiary/aromatic N) is 2. The fourth-order valence-corrected chi connectivity index (χ4v) is 1.10. The molecule has 0 aliphatic rings. The monoisotopic (exact) mass is 177 g/mol. The van der Waals surface area contributed by atoms with Crippen LogP contribution >= 0.6 is 0 Å². The fourth-order valence-electron chi connectivity index (χ4n) is 1.10. The summed E-state index contributed by atoms with van der Waals surface area (Å²) in [5, 5.41) is 2.87. The Morgan fingerprint density at radius 2 is 2.08 bits per heavy atom. The highest BCUT2D eigenvalue weighted by Gasteiger charge is 2.11. The minimum Gasteiger partial charge on any atom is -0.292 e. The molecular weight excluding hydrogens is 166 g/mol. The van der Waals surface area contributed by atoms with Crippen LogP contribution in [0.15, 0.2) is 35.4 Å². The van der Waals surface area contributed by atoms with Crippen LogP contribution in [0.1, 0.15) is 6.92 Å². The second-order valence-corrected chi connectivity index (χ2v) is 2.47. The molecule has 1 aromatic rings. The fraction of sp³-hybridized carbons (Fsp3) is 0.222. The van der Waals surface area contributed by atoms with E-state index < -0.39 is 6.03 Å². The van der Waals surface area contributed by atoms with Crippen LogP contribution in [0.4, 0.5) is 10.5 Å². The van der Waals surface area contributed by atoms with Gasteiger partial charge in [-0.25, -0.2) is 4.79 Å². The Hall–Kier alpha value is -1.71. The van der Waals surface area contributed by atoms with E-state index in [0.717, 1.165) is 5.69 Å². The number of urea groups is 1. The number of anilines is 1. The van der Waals surface area contributed by atoms with Crippen molar-refractivity contribution in [1.82, 2.24) is 0 Å². The van der Waals surface area contributed by atoms with Crippen molar-refractivity contribution in [1.29, 1.82) is 5.53 Å². The van der Waals surface area contributed by atoms with E-state index in [1.807, 2.05) is 37.3 Å². The van der Waals surface area contributed by atoms with Crippen molar-refractivity contribution in [2.75, 3.05) is 11.4 Å². The van der Waals surface area contributed by atoms with Crippen LogP contribution in [-0.4, -0.2) is 12.6 Å². The molecule has 0 aliphatic heterocycles. The number of benzene rings is 1. The number of carbonyl (C=O) groups excluding carboxylic acids is 1. The van der Waals surface area contributed by atoms with Crippen molar-refractivity contribution in [3.05, 3.63) is 30.3 Å². The molecular formula is C9H11N3O. The predicted octanol–water partition coefficient (Wildman–Crippen LogP) is 2.66. The maximum absolute atomic E-state index is 11.1. The number of carbonyl (C=O) groups is 1. The molecule has 0 saturated carbocycles. The van der Waals surface area contributed by atoms with Crippen molar-refractivity contribution >= 4 is 11.7 Å². The molecule has 0 atom stereocenters. The Balaban J connectivity index is 2.91. The van der Waals surface area contributed by atoms with Gasteiger partial charge in [0.1, 0.15) is 0 Å². The third-order valence-electron chi connectivity index (χ3n) is 1.71. The second-order valence-electron chi connectivity index (χ2n) is 2.47. The third kappa shape index (κ3) is 2.11. The first-order chi connectivity index (χ1) is 6.29. The smallest absolute Gasteiger partial charge is 0.292 e. The summed E-state index contributed by atoms with van der Waals surface area (Å²) in [4.78, 5) is 12.6. The average Bonchev–Trinajstić information content (AvgIpc) is 2.20. The van der Waals surface area contributed by atoms with Crippen LogP contribution in [0.3, 0.4) is 0 Å². The third-order valence-corrected chi connectivity index (χ3v) is 1.71. The molecule has 0 radical (unpaired) electrons. The standard InChI is InChI=1S/C9H11N3O/c1-2-12(9(13)11-10)8-6-4-3-5-7-8/h3-7,10H,2H2,1H3. The molecule has 0 saturated heterocycles. The van der Waals surface area contributed by atoms with Crippen molar-refractivity contribution in [2.24, 2.45) is 5.11 Å². The molecule has 1 aromatic carbocycles. The maximum atomic E-state index is 11.1. The largest absolute Gasteiger partial charge is 0.366 e. The van der Waals surface area contributed by atoms with Crippen molar-refractivity contribution < 1.29 is 4.79 Å². The summed E-state index contributed by atoms with van der Waals surface area (Å²) in [5.74, 6) is 0. The highest BCUT2D eigenvalue weighted by Crippen LogP contribution is 2.13. The van der Waals surface area contributed by atoms with Crippen molar-refractivity contribution in [2.45, 2.75) is 6.92 Å². The van der Waals surface area contributed by atoms with Crippen molar-refractivity contribution in [3.8, 4) is 0 Å². The van der Waals surface area contributed by atoms with Gasteiger partial charge in [-0.3, -0.25) is 4.90 Å². The first-order valence-corrected chi connectivity index (χ1v) is 4.03. The molecule has 4 heteroatoms. The van der Waals surface area contributed by atoms with Gasteiger partial charge in [-0.15, -0.1) is 0 Å². The average molecular weight is 177 g/mol. The molecule has 1 N–H and O–H groups in total. The Kier molecular flexibility index (Phi) is 3.14. The summed E-state index contributed by atoms with van der Waals surface area (Å²) in [5.41, 5.74) is 7.39. The Labute approximate surface area is 76.7 Å². The molecule has 0 unspecified atom stereocenters. The van der Waals surface area contributed by atoms with Gasteiger partial charge in [0.25, 0.3) is 0 Å². The second kappa shape index (κ2) is 4.35. The van der Waals surface area contributed by atoms with E-state index in [4.69, 9.17) is 5.53 Å². The molecule has 0 aliphatic carbocycles. The molecule has 13 heavy (non-hydrogen) atoms. The van der Waals surface area contributed by atoms with Gasteiger partial charge >= 0.3 is 6.03 Å². The first kappa shape index (κ1) is 9.38. The molecule has 1 rings (SSSR count). The van der Waals surface area contributed by atoms with Crippen LogP contribution in [-0.2, 0) is 0 Å². The van der Waals surface area contributed by atoms with Crippen molar-refractivity contribution in [3.63, 3.8) is 0 Å². The predicted molar refractivity (Wildman–Crippen MR) is 50.0 cm³/mol. The van der Waals surface area contributed by atoms with Crippen LogP contribution in [0.2, 0.25) is 0 Å². The minimum atomic E-state index is -0.534. The van der Waals surface area contributed by atoms with E-state index in [0.29, 0.717) is 6.54 Å². The lowest BCUT2D eigenvalue weighted by molar-refractivity contribution is 0.252. The summed E-state index contributed by atoms with van der Waals surface area (Å²) in [6.07, 6.45) is 0. The van der Waals surface area contributed by atoms with Crippen LogP contribution < -0.4 is 4.90 Å². The zero-order valence-electron chi connectivity index (χ0n) is 7.40. The quantitative estimate of drug-likeness (QED) is 0.693. The topological polar surface area (TPSA) is 56.5 Å². The van der Waals surface area contributed by atoms with Gasteiger partial charge in [0.15, 0.2) is 0 Å².